The molecule has 0 radical (unpaired) electrons. The molecule has 1 aromatic rings. The molecule has 7 heteroatoms. The Labute approximate surface area is 168 Å². The minimum atomic E-state index is -3.45. The topological polar surface area (TPSA) is 69.7 Å². The van der Waals surface area contributed by atoms with Crippen LogP contribution in [0.4, 0.5) is 0 Å². The number of nitrogens with one attached hydrogen (secondary N) is 1. The number of carbonyl (C=O) groups is 1. The molecule has 2 heterocycles. The number of likely N-dealkylation sites (N-methyl/N-ethyl adjacent to an activating group) is 1. The van der Waals surface area contributed by atoms with Crippen LogP contribution < -0.4 is 5.32 Å². The van der Waals surface area contributed by atoms with Gasteiger partial charge in [-0.15, -0.1) is 0 Å². The van der Waals surface area contributed by atoms with E-state index in [9.17, 15) is 13.2 Å². The van der Waals surface area contributed by atoms with Gasteiger partial charge in [0.1, 0.15) is 0 Å². The molecule has 28 heavy (non-hydrogen) atoms. The highest BCUT2D eigenvalue weighted by Crippen LogP contribution is 2.22. The summed E-state index contributed by atoms with van der Waals surface area (Å²) >= 11 is 0. The fourth-order valence-electron chi connectivity index (χ4n) is 4.09. The van der Waals surface area contributed by atoms with Crippen molar-refractivity contribution in [3.8, 4) is 0 Å². The monoisotopic (exact) mass is 405 g/mol. The molecule has 0 bridgehead atoms. The third-order valence-corrected chi connectivity index (χ3v) is 7.40. The Bertz CT molecular complexity index is 771. The smallest absolute Gasteiger partial charge is 0.236 e. The van der Waals surface area contributed by atoms with Crippen LogP contribution in [0.15, 0.2) is 35.7 Å². The Hall–Kier alpha value is -1.70. The van der Waals surface area contributed by atoms with Crippen molar-refractivity contribution in [2.24, 2.45) is 5.92 Å². The highest BCUT2D eigenvalue weighted by molar-refractivity contribution is 7.92. The first kappa shape index (κ1) is 21.0. The first-order valence-corrected chi connectivity index (χ1v) is 11.7. The molecule has 154 valence electrons. The molecule has 0 saturated carbocycles. The third-order valence-electron chi connectivity index (χ3n) is 5.83. The number of carbonyl (C=O) groups excluding carboxylic acids is 1. The number of rotatable bonds is 7. The number of amides is 1. The van der Waals surface area contributed by atoms with Crippen LogP contribution in [0.5, 0.6) is 0 Å². The highest BCUT2D eigenvalue weighted by Gasteiger charge is 2.31. The van der Waals surface area contributed by atoms with Gasteiger partial charge in [0.25, 0.3) is 0 Å². The van der Waals surface area contributed by atoms with E-state index in [2.05, 4.69) is 17.1 Å². The van der Waals surface area contributed by atoms with Crippen LogP contribution in [-0.4, -0.2) is 62.3 Å². The summed E-state index contributed by atoms with van der Waals surface area (Å²) in [5.74, 6) is -0.0270. The molecule has 6 nitrogen and oxygen atoms in total. The number of piperidine rings is 1. The quantitative estimate of drug-likeness (QED) is 0.756. The maximum Gasteiger partial charge on any atom is 0.236 e. The fourth-order valence-corrected chi connectivity index (χ4v) is 5.31. The molecule has 2 saturated heterocycles. The standard InChI is InChI=1S/C21H31N3O3S/c1-2-23-13-6-9-20(23)17-22-21(25)19-10-14-24(15-11-19)28(26,27)16-12-18-7-4-3-5-8-18/h3-5,7-8,12,16,19-20H,2,6,9-11,13-15,17H2,1H3,(H,22,25). The average molecular weight is 406 g/mol. The normalized spacial score (nSPS) is 22.7. The van der Waals surface area contributed by atoms with E-state index < -0.39 is 10.0 Å². The molecular weight excluding hydrogens is 374 g/mol. The zero-order valence-electron chi connectivity index (χ0n) is 16.6. The summed E-state index contributed by atoms with van der Waals surface area (Å²) in [6, 6.07) is 9.83. The van der Waals surface area contributed by atoms with Gasteiger partial charge in [0.05, 0.1) is 0 Å². The first-order chi connectivity index (χ1) is 13.5. The number of nitrogens with zero attached hydrogens (tertiary/aromatic N) is 2. The van der Waals surface area contributed by atoms with Crippen molar-refractivity contribution in [2.45, 2.75) is 38.6 Å². The lowest BCUT2D eigenvalue weighted by molar-refractivity contribution is -0.126. The second-order valence-corrected chi connectivity index (χ2v) is 9.42. The van der Waals surface area contributed by atoms with Crippen molar-refractivity contribution in [3.63, 3.8) is 0 Å². The average Bonchev–Trinajstić information content (AvgIpc) is 3.19. The van der Waals surface area contributed by atoms with Crippen molar-refractivity contribution in [3.05, 3.63) is 41.3 Å². The predicted molar refractivity (Wildman–Crippen MR) is 112 cm³/mol. The molecule has 0 aliphatic carbocycles. The predicted octanol–water partition coefficient (Wildman–Crippen LogP) is 2.30. The summed E-state index contributed by atoms with van der Waals surface area (Å²) in [7, 11) is -3.45. The van der Waals surface area contributed by atoms with E-state index >= 15 is 0 Å². The number of likely N-dealkylation sites (tertiary alicyclic amines) is 1. The molecule has 1 unspecified atom stereocenters. The lowest BCUT2D eigenvalue weighted by Gasteiger charge is -2.30. The molecule has 1 aromatic carbocycles. The molecule has 0 aromatic heterocycles. The minimum Gasteiger partial charge on any atom is -0.354 e. The van der Waals surface area contributed by atoms with E-state index in [-0.39, 0.29) is 11.8 Å². The van der Waals surface area contributed by atoms with Crippen LogP contribution in [0.25, 0.3) is 6.08 Å². The molecule has 3 rings (SSSR count). The summed E-state index contributed by atoms with van der Waals surface area (Å²) in [6.45, 7) is 5.78. The van der Waals surface area contributed by atoms with Crippen LogP contribution in [-0.2, 0) is 14.8 Å². The highest BCUT2D eigenvalue weighted by atomic mass is 32.2. The number of hydrogen-bond donors (Lipinski definition) is 1. The zero-order valence-corrected chi connectivity index (χ0v) is 17.4. The molecule has 1 atom stereocenters. The molecule has 0 spiro atoms. The lowest BCUT2D eigenvalue weighted by atomic mass is 9.97. The van der Waals surface area contributed by atoms with Gasteiger partial charge in [0.15, 0.2) is 0 Å². The van der Waals surface area contributed by atoms with Crippen LogP contribution in [0.2, 0.25) is 0 Å². The van der Waals surface area contributed by atoms with Crippen molar-refractivity contribution < 1.29 is 13.2 Å². The van der Waals surface area contributed by atoms with Crippen molar-refractivity contribution in [2.75, 3.05) is 32.7 Å². The van der Waals surface area contributed by atoms with Crippen molar-refractivity contribution in [1.82, 2.24) is 14.5 Å². The molecule has 1 amide bonds. The van der Waals surface area contributed by atoms with Gasteiger partial charge in [-0.3, -0.25) is 9.69 Å². The Morgan fingerprint density at radius 1 is 1.14 bits per heavy atom. The summed E-state index contributed by atoms with van der Waals surface area (Å²) in [5.41, 5.74) is 0.855. The van der Waals surface area contributed by atoms with Gasteiger partial charge >= 0.3 is 0 Å². The summed E-state index contributed by atoms with van der Waals surface area (Å²) in [6.07, 6.45) is 5.10. The van der Waals surface area contributed by atoms with E-state index in [1.54, 1.807) is 6.08 Å². The van der Waals surface area contributed by atoms with Crippen molar-refractivity contribution in [1.29, 1.82) is 0 Å². The van der Waals surface area contributed by atoms with Gasteiger partial charge in [-0.05, 0) is 50.4 Å². The first-order valence-electron chi connectivity index (χ1n) is 10.2. The molecule has 2 aliphatic heterocycles. The van der Waals surface area contributed by atoms with Crippen LogP contribution in [0.1, 0.15) is 38.2 Å². The minimum absolute atomic E-state index is 0.0693. The van der Waals surface area contributed by atoms with Gasteiger partial charge in [-0.25, -0.2) is 8.42 Å². The Morgan fingerprint density at radius 3 is 2.54 bits per heavy atom. The molecule has 2 aliphatic rings. The number of benzene rings is 1. The zero-order chi connectivity index (χ0) is 20.0. The van der Waals surface area contributed by atoms with E-state index in [0.29, 0.717) is 38.5 Å². The second kappa shape index (κ2) is 9.67. The Morgan fingerprint density at radius 2 is 1.86 bits per heavy atom. The van der Waals surface area contributed by atoms with E-state index in [1.165, 1.54) is 16.1 Å². The van der Waals surface area contributed by atoms with Crippen LogP contribution in [0.3, 0.4) is 0 Å². The molecular formula is C21H31N3O3S. The maximum absolute atomic E-state index is 12.5. The Balaban J connectivity index is 1.47. The summed E-state index contributed by atoms with van der Waals surface area (Å²) in [4.78, 5) is 14.9. The van der Waals surface area contributed by atoms with Gasteiger partial charge in [-0.2, -0.15) is 4.31 Å². The van der Waals surface area contributed by atoms with E-state index in [4.69, 9.17) is 0 Å². The van der Waals surface area contributed by atoms with Gasteiger partial charge < -0.3 is 5.32 Å². The van der Waals surface area contributed by atoms with Crippen molar-refractivity contribution >= 4 is 22.0 Å². The van der Waals surface area contributed by atoms with Gasteiger partial charge in [0.2, 0.25) is 15.9 Å². The van der Waals surface area contributed by atoms with Gasteiger partial charge in [0, 0.05) is 37.0 Å². The number of hydrogen-bond acceptors (Lipinski definition) is 4. The summed E-state index contributed by atoms with van der Waals surface area (Å²) < 4.78 is 26.6. The molecule has 1 N–H and O–H groups in total. The van der Waals surface area contributed by atoms with Crippen LogP contribution in [0, 0.1) is 5.92 Å². The SMILES string of the molecule is CCN1CCCC1CNC(=O)C1CCN(S(=O)(=O)C=Cc2ccccc2)CC1. The van der Waals surface area contributed by atoms with Crippen LogP contribution >= 0.6 is 0 Å². The van der Waals surface area contributed by atoms with E-state index in [1.807, 2.05) is 30.3 Å². The van der Waals surface area contributed by atoms with Gasteiger partial charge in [-0.1, -0.05) is 37.3 Å². The third kappa shape index (κ3) is 5.43. The Kier molecular flexibility index (Phi) is 7.26. The molecule has 2 fully saturated rings. The maximum atomic E-state index is 12.5. The lowest BCUT2D eigenvalue weighted by Crippen LogP contribution is -2.45. The largest absolute Gasteiger partial charge is 0.354 e. The summed E-state index contributed by atoms with van der Waals surface area (Å²) in [5, 5.41) is 4.36. The van der Waals surface area contributed by atoms with E-state index in [0.717, 1.165) is 25.1 Å². The number of sulfonamides is 1. The second-order valence-electron chi connectivity index (χ2n) is 7.60. The fraction of sp³-hybridized carbons (Fsp3) is 0.571.